The number of nitrogens with zero attached hydrogens (tertiary/aromatic N) is 3. The van der Waals surface area contributed by atoms with Crippen LogP contribution in [-0.2, 0) is 17.8 Å². The number of methoxy groups -OCH3 is 2. The fourth-order valence-corrected chi connectivity index (χ4v) is 3.83. The highest BCUT2D eigenvalue weighted by atomic mass is 32.2. The van der Waals surface area contributed by atoms with Gasteiger partial charge in [0.15, 0.2) is 22.5 Å². The van der Waals surface area contributed by atoms with Crippen molar-refractivity contribution in [3.05, 3.63) is 66.7 Å². The fraction of sp³-hybridized carbons (Fsp3) is 0.261. The molecule has 0 radical (unpaired) electrons. The number of carbonyl (C=O) groups is 1. The van der Waals surface area contributed by atoms with Crippen LogP contribution in [0.15, 0.2) is 66.3 Å². The number of benzene rings is 2. The first-order valence-corrected chi connectivity index (χ1v) is 10.8. The average Bonchev–Trinajstić information content (AvgIpc) is 3.20. The van der Waals surface area contributed by atoms with Gasteiger partial charge in [-0.3, -0.25) is 9.36 Å². The third kappa shape index (κ3) is 5.88. The predicted molar refractivity (Wildman–Crippen MR) is 123 cm³/mol. The minimum atomic E-state index is -0.0400. The maximum atomic E-state index is 12.3. The smallest absolute Gasteiger partial charge is 0.230 e. The first-order chi connectivity index (χ1) is 15.2. The van der Waals surface area contributed by atoms with Crippen molar-refractivity contribution in [2.45, 2.75) is 18.1 Å². The number of rotatable bonds is 11. The van der Waals surface area contributed by atoms with E-state index >= 15 is 0 Å². The number of nitrogens with one attached hydrogen (secondary N) is 1. The molecule has 0 atom stereocenters. The molecule has 162 valence electrons. The summed E-state index contributed by atoms with van der Waals surface area (Å²) in [7, 11) is 3.19. The second kappa shape index (κ2) is 11.2. The number of hydrogen-bond acceptors (Lipinski definition) is 6. The molecule has 0 aliphatic carbocycles. The van der Waals surface area contributed by atoms with E-state index in [-0.39, 0.29) is 11.7 Å². The monoisotopic (exact) mass is 438 g/mol. The maximum Gasteiger partial charge on any atom is 0.230 e. The van der Waals surface area contributed by atoms with Gasteiger partial charge < -0.3 is 14.8 Å². The molecule has 0 fully saturated rings. The van der Waals surface area contributed by atoms with E-state index in [9.17, 15) is 4.79 Å². The highest BCUT2D eigenvalue weighted by molar-refractivity contribution is 7.99. The first kappa shape index (κ1) is 22.4. The molecule has 0 unspecified atom stereocenters. The van der Waals surface area contributed by atoms with Gasteiger partial charge in [-0.25, -0.2) is 0 Å². The first-order valence-electron chi connectivity index (χ1n) is 9.86. The van der Waals surface area contributed by atoms with Gasteiger partial charge in [0.2, 0.25) is 5.91 Å². The Kier molecular flexibility index (Phi) is 8.12. The van der Waals surface area contributed by atoms with Crippen molar-refractivity contribution in [3.8, 4) is 22.9 Å². The summed E-state index contributed by atoms with van der Waals surface area (Å²) in [5.41, 5.74) is 2.03. The zero-order valence-electron chi connectivity index (χ0n) is 17.7. The minimum Gasteiger partial charge on any atom is -0.493 e. The summed E-state index contributed by atoms with van der Waals surface area (Å²) >= 11 is 1.35. The number of carbonyl (C=O) groups excluding carboxylic acids is 1. The van der Waals surface area contributed by atoms with Crippen LogP contribution in [0.3, 0.4) is 0 Å². The minimum absolute atomic E-state index is 0.0400. The van der Waals surface area contributed by atoms with Crippen molar-refractivity contribution in [1.29, 1.82) is 0 Å². The van der Waals surface area contributed by atoms with E-state index in [1.54, 1.807) is 20.3 Å². The van der Waals surface area contributed by atoms with Crippen LogP contribution in [0.25, 0.3) is 11.4 Å². The lowest BCUT2D eigenvalue weighted by molar-refractivity contribution is -0.118. The van der Waals surface area contributed by atoms with E-state index in [2.05, 4.69) is 22.1 Å². The van der Waals surface area contributed by atoms with Crippen molar-refractivity contribution >= 4 is 17.7 Å². The largest absolute Gasteiger partial charge is 0.493 e. The topological polar surface area (TPSA) is 78.3 Å². The molecular weight excluding hydrogens is 412 g/mol. The lowest BCUT2D eigenvalue weighted by atomic mass is 10.1. The molecule has 1 aromatic heterocycles. The molecule has 3 aromatic rings. The Morgan fingerprint density at radius 2 is 1.90 bits per heavy atom. The molecule has 1 heterocycles. The molecule has 0 spiro atoms. The summed E-state index contributed by atoms with van der Waals surface area (Å²) in [4.78, 5) is 12.3. The predicted octanol–water partition coefficient (Wildman–Crippen LogP) is 3.60. The quantitative estimate of drug-likeness (QED) is 0.364. The lowest BCUT2D eigenvalue weighted by Crippen LogP contribution is -2.27. The summed E-state index contributed by atoms with van der Waals surface area (Å²) in [6.45, 7) is 4.95. The van der Waals surface area contributed by atoms with Crippen LogP contribution in [-0.4, -0.2) is 47.2 Å². The highest BCUT2D eigenvalue weighted by Crippen LogP contribution is 2.32. The number of allylic oxidation sites excluding steroid dienone is 1. The second-order valence-corrected chi connectivity index (χ2v) is 7.59. The summed E-state index contributed by atoms with van der Waals surface area (Å²) < 4.78 is 12.6. The van der Waals surface area contributed by atoms with Crippen LogP contribution in [0.1, 0.15) is 5.56 Å². The van der Waals surface area contributed by atoms with Crippen LogP contribution < -0.4 is 14.8 Å². The molecule has 7 nitrogen and oxygen atoms in total. The fourth-order valence-electron chi connectivity index (χ4n) is 3.05. The Morgan fingerprint density at radius 3 is 2.61 bits per heavy atom. The number of thioether (sulfide) groups is 1. The SMILES string of the molecule is C=CCn1c(SCC(=O)NCCc2ccccc2)nnc1-c1ccc(OC)c(OC)c1. The molecule has 3 rings (SSSR count). The van der Waals surface area contributed by atoms with Gasteiger partial charge in [-0.2, -0.15) is 0 Å². The van der Waals surface area contributed by atoms with Crippen molar-refractivity contribution in [2.24, 2.45) is 0 Å². The van der Waals surface area contributed by atoms with Gasteiger partial charge in [-0.1, -0.05) is 48.2 Å². The molecule has 1 N–H and O–H groups in total. The van der Waals surface area contributed by atoms with E-state index in [0.29, 0.717) is 35.6 Å². The molecule has 8 heteroatoms. The molecule has 0 saturated carbocycles. The molecule has 0 aliphatic rings. The third-order valence-corrected chi connectivity index (χ3v) is 5.55. The van der Waals surface area contributed by atoms with Crippen molar-refractivity contribution in [2.75, 3.05) is 26.5 Å². The summed E-state index contributed by atoms with van der Waals surface area (Å²) in [6.07, 6.45) is 2.57. The van der Waals surface area contributed by atoms with Gasteiger partial charge in [0.1, 0.15) is 0 Å². The summed E-state index contributed by atoms with van der Waals surface area (Å²) in [6, 6.07) is 15.7. The van der Waals surface area contributed by atoms with Crippen LogP contribution in [0.2, 0.25) is 0 Å². The van der Waals surface area contributed by atoms with Crippen LogP contribution in [0.4, 0.5) is 0 Å². The normalized spacial score (nSPS) is 10.5. The number of hydrogen-bond donors (Lipinski definition) is 1. The number of aromatic nitrogens is 3. The molecule has 2 aromatic carbocycles. The molecule has 0 aliphatic heterocycles. The molecule has 1 amide bonds. The Bertz CT molecular complexity index is 1020. The van der Waals surface area contributed by atoms with Crippen molar-refractivity contribution in [3.63, 3.8) is 0 Å². The maximum absolute atomic E-state index is 12.3. The summed E-state index contributed by atoms with van der Waals surface area (Å²) in [5.74, 6) is 2.15. The van der Waals surface area contributed by atoms with E-state index < -0.39 is 0 Å². The molecule has 31 heavy (non-hydrogen) atoms. The summed E-state index contributed by atoms with van der Waals surface area (Å²) in [5, 5.41) is 12.2. The Hall–Kier alpha value is -3.26. The third-order valence-electron chi connectivity index (χ3n) is 4.58. The van der Waals surface area contributed by atoms with E-state index in [1.165, 1.54) is 17.3 Å². The lowest BCUT2D eigenvalue weighted by Gasteiger charge is -2.11. The second-order valence-electron chi connectivity index (χ2n) is 6.65. The van der Waals surface area contributed by atoms with Crippen LogP contribution in [0.5, 0.6) is 11.5 Å². The number of ether oxygens (including phenoxy) is 2. The van der Waals surface area contributed by atoms with Crippen molar-refractivity contribution in [1.82, 2.24) is 20.1 Å². The molecule has 0 bridgehead atoms. The van der Waals surface area contributed by atoms with Gasteiger partial charge in [0.05, 0.1) is 20.0 Å². The number of amides is 1. The van der Waals surface area contributed by atoms with Gasteiger partial charge in [0, 0.05) is 18.7 Å². The highest BCUT2D eigenvalue weighted by Gasteiger charge is 2.16. The Balaban J connectivity index is 1.65. The van der Waals surface area contributed by atoms with E-state index in [1.807, 2.05) is 53.1 Å². The zero-order chi connectivity index (χ0) is 22.1. The van der Waals surface area contributed by atoms with E-state index in [0.717, 1.165) is 12.0 Å². The van der Waals surface area contributed by atoms with Crippen LogP contribution in [0, 0.1) is 0 Å². The molecular formula is C23H26N4O3S. The standard InChI is InChI=1S/C23H26N4O3S/c1-4-14-27-22(18-10-11-19(29-2)20(15-18)30-3)25-26-23(27)31-16-21(28)24-13-12-17-8-6-5-7-9-17/h4-11,15H,1,12-14,16H2,2-3H3,(H,24,28). The zero-order valence-corrected chi connectivity index (χ0v) is 18.5. The van der Waals surface area contributed by atoms with Gasteiger partial charge in [0.25, 0.3) is 0 Å². The van der Waals surface area contributed by atoms with Gasteiger partial charge in [-0.15, -0.1) is 16.8 Å². The van der Waals surface area contributed by atoms with Gasteiger partial charge >= 0.3 is 0 Å². The van der Waals surface area contributed by atoms with Crippen molar-refractivity contribution < 1.29 is 14.3 Å². The van der Waals surface area contributed by atoms with Crippen LogP contribution >= 0.6 is 11.8 Å². The molecule has 0 saturated heterocycles. The van der Waals surface area contributed by atoms with E-state index in [4.69, 9.17) is 9.47 Å². The average molecular weight is 439 g/mol. The Morgan fingerprint density at radius 1 is 1.13 bits per heavy atom. The Labute approximate surface area is 186 Å². The van der Waals surface area contributed by atoms with Gasteiger partial charge in [-0.05, 0) is 30.2 Å².